The summed E-state index contributed by atoms with van der Waals surface area (Å²) in [6, 6.07) is 13.7. The summed E-state index contributed by atoms with van der Waals surface area (Å²) in [7, 11) is 0. The molecule has 0 fully saturated rings. The standard InChI is InChI=1S/C25H26N4O3/c1-4-7-19-8-5-6-9-23(19)32-15-21(30)14-28-16-26-24-22(25(28)31)13-27-29(24)20-11-17(2)10-18(3)12-20/h4-6,8-13,16,21,30H,1,7,14-15H2,2-3H3/t21-/m1/s1. The Labute approximate surface area is 186 Å². The molecule has 2 aromatic heterocycles. The van der Waals surface area contributed by atoms with E-state index in [0.717, 1.165) is 22.4 Å². The van der Waals surface area contributed by atoms with Crippen LogP contribution in [0.15, 0.2) is 72.4 Å². The number of rotatable bonds is 8. The zero-order chi connectivity index (χ0) is 22.7. The normalized spacial score (nSPS) is 12.1. The van der Waals surface area contributed by atoms with Crippen molar-refractivity contribution in [2.24, 2.45) is 0 Å². The number of para-hydroxylation sites is 1. The van der Waals surface area contributed by atoms with Gasteiger partial charge in [0.15, 0.2) is 5.65 Å². The molecule has 0 aliphatic rings. The van der Waals surface area contributed by atoms with Crippen molar-refractivity contribution in [3.05, 3.63) is 94.7 Å². The van der Waals surface area contributed by atoms with Gasteiger partial charge in [0.2, 0.25) is 0 Å². The van der Waals surface area contributed by atoms with Gasteiger partial charge in [0, 0.05) is 0 Å². The van der Waals surface area contributed by atoms with E-state index in [1.165, 1.54) is 17.1 Å². The van der Waals surface area contributed by atoms with E-state index in [-0.39, 0.29) is 18.7 Å². The van der Waals surface area contributed by atoms with E-state index >= 15 is 0 Å². The average molecular weight is 431 g/mol. The molecule has 32 heavy (non-hydrogen) atoms. The summed E-state index contributed by atoms with van der Waals surface area (Å²) < 4.78 is 8.84. The number of fused-ring (bicyclic) bond motifs is 1. The highest BCUT2D eigenvalue weighted by atomic mass is 16.5. The molecule has 2 aromatic carbocycles. The molecule has 0 aliphatic carbocycles. The summed E-state index contributed by atoms with van der Waals surface area (Å²) in [6.45, 7) is 7.91. The topological polar surface area (TPSA) is 82.2 Å². The molecule has 0 saturated carbocycles. The Bertz CT molecular complexity index is 1300. The van der Waals surface area contributed by atoms with E-state index in [1.807, 2.05) is 50.2 Å². The second-order valence-electron chi connectivity index (χ2n) is 7.91. The molecule has 1 atom stereocenters. The number of allylic oxidation sites excluding steroid dienone is 1. The predicted octanol–water partition coefficient (Wildman–Crippen LogP) is 3.37. The largest absolute Gasteiger partial charge is 0.491 e. The van der Waals surface area contributed by atoms with Crippen molar-refractivity contribution < 1.29 is 9.84 Å². The van der Waals surface area contributed by atoms with E-state index in [1.54, 1.807) is 10.8 Å². The Morgan fingerprint density at radius 3 is 2.69 bits per heavy atom. The fourth-order valence-corrected chi connectivity index (χ4v) is 3.78. The Morgan fingerprint density at radius 1 is 1.19 bits per heavy atom. The first-order valence-corrected chi connectivity index (χ1v) is 10.5. The number of benzene rings is 2. The molecule has 0 radical (unpaired) electrons. The minimum absolute atomic E-state index is 0.0560. The fourth-order valence-electron chi connectivity index (χ4n) is 3.78. The van der Waals surface area contributed by atoms with E-state index in [4.69, 9.17) is 4.74 Å². The van der Waals surface area contributed by atoms with Crippen LogP contribution in [0.3, 0.4) is 0 Å². The Kier molecular flexibility index (Phi) is 6.18. The van der Waals surface area contributed by atoms with Crippen LogP contribution in [-0.4, -0.2) is 37.1 Å². The highest BCUT2D eigenvalue weighted by molar-refractivity contribution is 5.75. The van der Waals surface area contributed by atoms with Crippen LogP contribution in [0, 0.1) is 13.8 Å². The van der Waals surface area contributed by atoms with E-state index < -0.39 is 6.10 Å². The number of aliphatic hydroxyl groups excluding tert-OH is 1. The van der Waals surface area contributed by atoms with Crippen molar-refractivity contribution in [3.63, 3.8) is 0 Å². The van der Waals surface area contributed by atoms with Crippen LogP contribution in [0.25, 0.3) is 16.7 Å². The second-order valence-corrected chi connectivity index (χ2v) is 7.91. The third-order valence-corrected chi connectivity index (χ3v) is 5.18. The van der Waals surface area contributed by atoms with Gasteiger partial charge in [-0.25, -0.2) is 9.67 Å². The van der Waals surface area contributed by atoms with Crippen LogP contribution in [0.2, 0.25) is 0 Å². The first kappa shape index (κ1) is 21.5. The van der Waals surface area contributed by atoms with Crippen LogP contribution in [0.5, 0.6) is 5.75 Å². The molecule has 0 aliphatic heterocycles. The van der Waals surface area contributed by atoms with Crippen LogP contribution < -0.4 is 10.3 Å². The Balaban J connectivity index is 1.52. The number of aromatic nitrogens is 4. The van der Waals surface area contributed by atoms with Gasteiger partial charge in [0.1, 0.15) is 30.2 Å². The van der Waals surface area contributed by atoms with Gasteiger partial charge in [-0.15, -0.1) is 6.58 Å². The lowest BCUT2D eigenvalue weighted by Gasteiger charge is -2.15. The third kappa shape index (κ3) is 4.48. The van der Waals surface area contributed by atoms with Crippen LogP contribution in [0.1, 0.15) is 16.7 Å². The molecule has 0 bridgehead atoms. The first-order valence-electron chi connectivity index (χ1n) is 10.5. The Hall–Kier alpha value is -3.71. The van der Waals surface area contributed by atoms with Gasteiger partial charge in [0.05, 0.1) is 18.4 Å². The quantitative estimate of drug-likeness (QED) is 0.434. The monoisotopic (exact) mass is 430 g/mol. The SMILES string of the molecule is C=CCc1ccccc1OC[C@H](O)Cn1cnc2c(cnn2-c2cc(C)cc(C)c2)c1=O. The molecule has 0 spiro atoms. The lowest BCUT2D eigenvalue weighted by molar-refractivity contribution is 0.0911. The fraction of sp³-hybridized carbons (Fsp3) is 0.240. The van der Waals surface area contributed by atoms with Gasteiger partial charge in [-0.05, 0) is 55.2 Å². The highest BCUT2D eigenvalue weighted by Gasteiger charge is 2.15. The lowest BCUT2D eigenvalue weighted by atomic mass is 10.1. The number of aliphatic hydroxyl groups is 1. The van der Waals surface area contributed by atoms with Gasteiger partial charge in [-0.2, -0.15) is 5.10 Å². The molecule has 4 aromatic rings. The number of ether oxygens (including phenoxy) is 1. The predicted molar refractivity (Wildman–Crippen MR) is 124 cm³/mol. The number of nitrogens with zero attached hydrogens (tertiary/aromatic N) is 4. The minimum Gasteiger partial charge on any atom is -0.491 e. The Morgan fingerprint density at radius 2 is 1.94 bits per heavy atom. The number of aryl methyl sites for hydroxylation is 2. The summed E-state index contributed by atoms with van der Waals surface area (Å²) in [4.78, 5) is 17.4. The van der Waals surface area contributed by atoms with Crippen LogP contribution in [0.4, 0.5) is 0 Å². The summed E-state index contributed by atoms with van der Waals surface area (Å²) in [5, 5.41) is 15.2. The van der Waals surface area contributed by atoms with E-state index in [9.17, 15) is 9.90 Å². The molecule has 7 nitrogen and oxygen atoms in total. The van der Waals surface area contributed by atoms with Gasteiger partial charge in [0.25, 0.3) is 5.56 Å². The molecule has 4 rings (SSSR count). The van der Waals surface area contributed by atoms with Crippen LogP contribution in [-0.2, 0) is 13.0 Å². The maximum atomic E-state index is 13.0. The van der Waals surface area contributed by atoms with Gasteiger partial charge in [-0.1, -0.05) is 30.3 Å². The molecule has 2 heterocycles. The van der Waals surface area contributed by atoms with Crippen molar-refractivity contribution in [1.29, 1.82) is 0 Å². The molecule has 7 heteroatoms. The summed E-state index contributed by atoms with van der Waals surface area (Å²) >= 11 is 0. The molecule has 0 saturated heterocycles. The molecule has 0 amide bonds. The maximum absolute atomic E-state index is 13.0. The third-order valence-electron chi connectivity index (χ3n) is 5.18. The molecular weight excluding hydrogens is 404 g/mol. The van der Waals surface area contributed by atoms with Gasteiger partial charge < -0.3 is 9.84 Å². The number of hydrogen-bond acceptors (Lipinski definition) is 5. The van der Waals surface area contributed by atoms with Gasteiger partial charge >= 0.3 is 0 Å². The van der Waals surface area contributed by atoms with Crippen molar-refractivity contribution in [2.75, 3.05) is 6.61 Å². The van der Waals surface area contributed by atoms with E-state index in [2.05, 4.69) is 22.7 Å². The average Bonchev–Trinajstić information content (AvgIpc) is 3.20. The van der Waals surface area contributed by atoms with Crippen LogP contribution >= 0.6 is 0 Å². The van der Waals surface area contributed by atoms with Gasteiger partial charge in [-0.3, -0.25) is 9.36 Å². The second kappa shape index (κ2) is 9.20. The summed E-state index contributed by atoms with van der Waals surface area (Å²) in [5.74, 6) is 0.696. The lowest BCUT2D eigenvalue weighted by Crippen LogP contribution is -2.30. The smallest absolute Gasteiger partial charge is 0.264 e. The zero-order valence-electron chi connectivity index (χ0n) is 18.2. The number of hydrogen-bond donors (Lipinski definition) is 1. The first-order chi connectivity index (χ1) is 15.5. The molecule has 0 unspecified atom stereocenters. The van der Waals surface area contributed by atoms with Crippen molar-refractivity contribution in [1.82, 2.24) is 19.3 Å². The van der Waals surface area contributed by atoms with Crippen molar-refractivity contribution in [3.8, 4) is 11.4 Å². The van der Waals surface area contributed by atoms with Crippen molar-refractivity contribution in [2.45, 2.75) is 32.9 Å². The van der Waals surface area contributed by atoms with Crippen molar-refractivity contribution >= 4 is 11.0 Å². The summed E-state index contributed by atoms with van der Waals surface area (Å²) in [5.41, 5.74) is 4.30. The minimum atomic E-state index is -0.877. The zero-order valence-corrected chi connectivity index (χ0v) is 18.2. The molecule has 164 valence electrons. The highest BCUT2D eigenvalue weighted by Crippen LogP contribution is 2.19. The molecule has 1 N–H and O–H groups in total. The molecular formula is C25H26N4O3. The maximum Gasteiger partial charge on any atom is 0.264 e. The summed E-state index contributed by atoms with van der Waals surface area (Å²) in [6.07, 6.45) is 4.57. The van der Waals surface area contributed by atoms with E-state index in [0.29, 0.717) is 23.2 Å².